The SMILES string of the molecule is CC(C(=O)O)c1[nH]c2ccccc2c1P(=O)(O)Cc1ccccc1. The van der Waals surface area contributed by atoms with Crippen LogP contribution < -0.4 is 5.30 Å². The molecule has 124 valence electrons. The van der Waals surface area contributed by atoms with Gasteiger partial charge in [0, 0.05) is 16.6 Å². The molecule has 0 aliphatic carbocycles. The number of para-hydroxylation sites is 1. The molecular formula is C18H18NO4P. The Bertz CT molecular complexity index is 933. The normalized spacial score (nSPS) is 15.1. The number of aromatic nitrogens is 1. The Hall–Kier alpha value is -2.36. The van der Waals surface area contributed by atoms with Crippen molar-refractivity contribution in [3.05, 3.63) is 65.9 Å². The second kappa shape index (κ2) is 6.27. The van der Waals surface area contributed by atoms with Crippen LogP contribution in [0.2, 0.25) is 0 Å². The van der Waals surface area contributed by atoms with E-state index in [0.29, 0.717) is 16.6 Å². The first-order valence-electron chi connectivity index (χ1n) is 7.60. The second-order valence-corrected chi connectivity index (χ2v) is 8.00. The van der Waals surface area contributed by atoms with Gasteiger partial charge in [-0.1, -0.05) is 48.5 Å². The molecule has 0 aliphatic rings. The first-order chi connectivity index (χ1) is 11.4. The van der Waals surface area contributed by atoms with Gasteiger partial charge in [-0.3, -0.25) is 9.36 Å². The van der Waals surface area contributed by atoms with Gasteiger partial charge in [0.2, 0.25) is 7.37 Å². The van der Waals surface area contributed by atoms with Gasteiger partial charge in [-0.25, -0.2) is 0 Å². The standard InChI is InChI=1S/C18H18NO4P/c1-12(18(20)21)16-17(14-9-5-6-10-15(14)19-16)24(22,23)11-13-7-3-2-4-8-13/h2-10,12,19H,11H2,1H3,(H,20,21)(H,22,23). The van der Waals surface area contributed by atoms with Gasteiger partial charge < -0.3 is 15.0 Å². The highest BCUT2D eigenvalue weighted by Crippen LogP contribution is 2.47. The molecule has 2 unspecified atom stereocenters. The number of nitrogens with one attached hydrogen (secondary N) is 1. The summed E-state index contributed by atoms with van der Waals surface area (Å²) in [4.78, 5) is 25.2. The molecule has 0 radical (unpaired) electrons. The highest BCUT2D eigenvalue weighted by Gasteiger charge is 2.33. The van der Waals surface area contributed by atoms with E-state index >= 15 is 0 Å². The molecule has 0 bridgehead atoms. The van der Waals surface area contributed by atoms with E-state index < -0.39 is 19.3 Å². The smallest absolute Gasteiger partial charge is 0.312 e. The molecule has 0 spiro atoms. The maximum atomic E-state index is 13.2. The molecule has 3 rings (SSSR count). The lowest BCUT2D eigenvalue weighted by Crippen LogP contribution is -2.18. The largest absolute Gasteiger partial charge is 0.481 e. The quantitative estimate of drug-likeness (QED) is 0.619. The first kappa shape index (κ1) is 16.5. The molecule has 0 saturated heterocycles. The zero-order chi connectivity index (χ0) is 17.3. The van der Waals surface area contributed by atoms with E-state index in [-0.39, 0.29) is 11.5 Å². The van der Waals surface area contributed by atoms with E-state index in [2.05, 4.69) is 4.98 Å². The van der Waals surface area contributed by atoms with Crippen molar-refractivity contribution in [1.82, 2.24) is 4.98 Å². The summed E-state index contributed by atoms with van der Waals surface area (Å²) in [5, 5.41) is 10.2. The van der Waals surface area contributed by atoms with Crippen LogP contribution in [0.15, 0.2) is 54.6 Å². The maximum Gasteiger partial charge on any atom is 0.312 e. The molecule has 0 aliphatic heterocycles. The van der Waals surface area contributed by atoms with Crippen LogP contribution in [0.4, 0.5) is 0 Å². The third-order valence-corrected chi connectivity index (χ3v) is 6.07. The minimum absolute atomic E-state index is 0.0327. The van der Waals surface area contributed by atoms with Crippen LogP contribution in [0.5, 0.6) is 0 Å². The zero-order valence-electron chi connectivity index (χ0n) is 13.1. The first-order valence-corrected chi connectivity index (χ1v) is 9.44. The van der Waals surface area contributed by atoms with Gasteiger partial charge in [0.15, 0.2) is 0 Å². The van der Waals surface area contributed by atoms with Crippen LogP contribution in [0.25, 0.3) is 10.9 Å². The molecule has 1 aromatic heterocycles. The van der Waals surface area contributed by atoms with Crippen molar-refractivity contribution in [2.75, 3.05) is 0 Å². The van der Waals surface area contributed by atoms with Gasteiger partial charge in [0.1, 0.15) is 0 Å². The number of aliphatic carboxylic acids is 1. The number of carbonyl (C=O) groups is 1. The molecular weight excluding hydrogens is 325 g/mol. The van der Waals surface area contributed by atoms with E-state index in [9.17, 15) is 19.4 Å². The minimum Gasteiger partial charge on any atom is -0.481 e. The summed E-state index contributed by atoms with van der Waals surface area (Å²) >= 11 is 0. The number of aromatic amines is 1. The Morgan fingerprint density at radius 2 is 1.75 bits per heavy atom. The summed E-state index contributed by atoms with van der Waals surface area (Å²) in [6.45, 7) is 1.51. The molecule has 1 heterocycles. The van der Waals surface area contributed by atoms with Crippen LogP contribution in [-0.2, 0) is 15.5 Å². The van der Waals surface area contributed by atoms with Crippen LogP contribution in [-0.4, -0.2) is 21.0 Å². The van der Waals surface area contributed by atoms with Crippen LogP contribution in [0.3, 0.4) is 0 Å². The molecule has 2 aromatic carbocycles. The summed E-state index contributed by atoms with van der Waals surface area (Å²) in [6, 6.07) is 16.1. The predicted octanol–water partition coefficient (Wildman–Crippen LogP) is 3.45. The van der Waals surface area contributed by atoms with Gasteiger partial charge in [-0.2, -0.15) is 0 Å². The molecule has 0 fully saturated rings. The molecule has 3 N–H and O–H groups in total. The summed E-state index contributed by atoms with van der Waals surface area (Å²) in [5.74, 6) is -1.94. The van der Waals surface area contributed by atoms with Gasteiger partial charge >= 0.3 is 5.97 Å². The number of carboxylic acids is 1. The summed E-state index contributed by atoms with van der Waals surface area (Å²) in [5.41, 5.74) is 1.70. The monoisotopic (exact) mass is 343 g/mol. The molecule has 3 aromatic rings. The maximum absolute atomic E-state index is 13.2. The summed E-state index contributed by atoms with van der Waals surface area (Å²) in [7, 11) is -3.79. The molecule has 6 heteroatoms. The van der Waals surface area contributed by atoms with Crippen molar-refractivity contribution in [3.8, 4) is 0 Å². The Balaban J connectivity index is 2.17. The van der Waals surface area contributed by atoms with E-state index in [0.717, 1.165) is 5.56 Å². The number of hydrogen-bond acceptors (Lipinski definition) is 2. The number of rotatable bonds is 5. The van der Waals surface area contributed by atoms with Crippen LogP contribution in [0.1, 0.15) is 24.1 Å². The number of carboxylic acid groups (broad SMARTS) is 1. The predicted molar refractivity (Wildman–Crippen MR) is 94.0 cm³/mol. The lowest BCUT2D eigenvalue weighted by molar-refractivity contribution is -0.138. The molecule has 0 amide bonds. The van der Waals surface area contributed by atoms with Crippen molar-refractivity contribution < 1.29 is 19.4 Å². The van der Waals surface area contributed by atoms with Crippen LogP contribution in [0, 0.1) is 0 Å². The minimum atomic E-state index is -3.79. The van der Waals surface area contributed by atoms with E-state index in [1.54, 1.807) is 36.4 Å². The van der Waals surface area contributed by atoms with Crippen molar-refractivity contribution >= 4 is 29.5 Å². The second-order valence-electron chi connectivity index (χ2n) is 5.84. The van der Waals surface area contributed by atoms with Crippen molar-refractivity contribution in [2.24, 2.45) is 0 Å². The third kappa shape index (κ3) is 3.01. The highest BCUT2D eigenvalue weighted by molar-refractivity contribution is 7.66. The van der Waals surface area contributed by atoms with Crippen molar-refractivity contribution in [3.63, 3.8) is 0 Å². The lowest BCUT2D eigenvalue weighted by Gasteiger charge is -2.15. The Morgan fingerprint density at radius 3 is 2.42 bits per heavy atom. The number of benzene rings is 2. The van der Waals surface area contributed by atoms with Gasteiger partial charge in [-0.05, 0) is 18.6 Å². The van der Waals surface area contributed by atoms with Gasteiger partial charge in [0.25, 0.3) is 0 Å². The van der Waals surface area contributed by atoms with E-state index in [1.807, 2.05) is 18.2 Å². The number of H-pyrrole nitrogens is 1. The third-order valence-electron chi connectivity index (χ3n) is 4.10. The van der Waals surface area contributed by atoms with Crippen molar-refractivity contribution in [1.29, 1.82) is 0 Å². The molecule has 24 heavy (non-hydrogen) atoms. The summed E-state index contributed by atoms with van der Waals surface area (Å²) in [6.07, 6.45) is -0.0327. The van der Waals surface area contributed by atoms with E-state index in [1.165, 1.54) is 6.92 Å². The van der Waals surface area contributed by atoms with Gasteiger partial charge in [-0.15, -0.1) is 0 Å². The van der Waals surface area contributed by atoms with Gasteiger partial charge in [0.05, 0.1) is 17.4 Å². The zero-order valence-corrected chi connectivity index (χ0v) is 14.0. The van der Waals surface area contributed by atoms with E-state index in [4.69, 9.17) is 0 Å². The summed E-state index contributed by atoms with van der Waals surface area (Å²) < 4.78 is 13.2. The molecule has 5 nitrogen and oxygen atoms in total. The Morgan fingerprint density at radius 1 is 1.12 bits per heavy atom. The Labute approximate surface area is 139 Å². The fraction of sp³-hybridized carbons (Fsp3) is 0.167. The van der Waals surface area contributed by atoms with Crippen molar-refractivity contribution in [2.45, 2.75) is 19.0 Å². The van der Waals surface area contributed by atoms with Crippen LogP contribution >= 0.6 is 7.37 Å². The lowest BCUT2D eigenvalue weighted by atomic mass is 10.1. The number of hydrogen-bond donors (Lipinski definition) is 3. The number of fused-ring (bicyclic) bond motifs is 1. The fourth-order valence-corrected chi connectivity index (χ4v) is 4.93. The molecule has 2 atom stereocenters. The topological polar surface area (TPSA) is 90.4 Å². The molecule has 0 saturated carbocycles. The highest BCUT2D eigenvalue weighted by atomic mass is 31.2. The average molecular weight is 343 g/mol. The fourth-order valence-electron chi connectivity index (χ4n) is 2.87. The Kier molecular flexibility index (Phi) is 4.31. The average Bonchev–Trinajstić information content (AvgIpc) is 2.94.